The first-order chi connectivity index (χ1) is 8.31. The molecule has 0 aromatic carbocycles. The van der Waals surface area contributed by atoms with Crippen molar-refractivity contribution in [2.24, 2.45) is 11.8 Å². The molecule has 1 fully saturated rings. The van der Waals surface area contributed by atoms with E-state index in [9.17, 15) is 0 Å². The Balaban J connectivity index is 2.01. The van der Waals surface area contributed by atoms with Crippen LogP contribution in [0.3, 0.4) is 0 Å². The van der Waals surface area contributed by atoms with Gasteiger partial charge in [0.25, 0.3) is 0 Å². The fourth-order valence-electron chi connectivity index (χ4n) is 2.29. The van der Waals surface area contributed by atoms with Crippen LogP contribution in [0.2, 0.25) is 5.02 Å². The molecule has 0 spiro atoms. The van der Waals surface area contributed by atoms with E-state index in [4.69, 9.17) is 22.2 Å². The molecular weight excluding hydrogens is 238 g/mol. The Morgan fingerprint density at radius 2 is 2.29 bits per heavy atom. The molecule has 1 saturated heterocycles. The maximum atomic E-state index is 6.11. The molecule has 0 aliphatic carbocycles. The fourth-order valence-corrected chi connectivity index (χ4v) is 2.48. The Labute approximate surface area is 106 Å². The monoisotopic (exact) mass is 255 g/mol. The van der Waals surface area contributed by atoms with Crippen molar-refractivity contribution in [3.63, 3.8) is 0 Å². The van der Waals surface area contributed by atoms with Gasteiger partial charge in [-0.1, -0.05) is 11.6 Å². The highest BCUT2D eigenvalue weighted by atomic mass is 35.5. The normalized spacial score (nSPS) is 19.2. The van der Waals surface area contributed by atoms with Gasteiger partial charge in [0, 0.05) is 31.6 Å². The number of hydrogen-bond donors (Lipinski definition) is 2. The molecule has 0 amide bonds. The number of nitrogens with two attached hydrogens (primary N) is 1. The molecule has 5 heteroatoms. The van der Waals surface area contributed by atoms with Gasteiger partial charge in [-0.25, -0.2) is 0 Å². The molecule has 0 saturated carbocycles. The molecule has 2 rings (SSSR count). The van der Waals surface area contributed by atoms with Gasteiger partial charge in [0.2, 0.25) is 0 Å². The zero-order valence-corrected chi connectivity index (χ0v) is 10.5. The van der Waals surface area contributed by atoms with Crippen molar-refractivity contribution < 1.29 is 4.74 Å². The van der Waals surface area contributed by atoms with Gasteiger partial charge >= 0.3 is 0 Å². The Hall–Kier alpha value is -0.680. The van der Waals surface area contributed by atoms with Crippen LogP contribution in [-0.2, 0) is 11.2 Å². The first-order valence-corrected chi connectivity index (χ1v) is 6.31. The Bertz CT molecular complexity index is 355. The molecule has 1 aromatic rings. The molecule has 1 aromatic heterocycles. The SMILES string of the molecule is NNC(Cc1ccncc1Cl)C1CCOCC1. The van der Waals surface area contributed by atoms with Crippen LogP contribution in [0, 0.1) is 5.92 Å². The summed E-state index contributed by atoms with van der Waals surface area (Å²) in [4.78, 5) is 3.99. The number of aromatic nitrogens is 1. The largest absolute Gasteiger partial charge is 0.381 e. The average Bonchev–Trinajstić information content (AvgIpc) is 2.39. The predicted molar refractivity (Wildman–Crippen MR) is 67.6 cm³/mol. The highest BCUT2D eigenvalue weighted by molar-refractivity contribution is 6.31. The second kappa shape index (κ2) is 6.31. The third-order valence-electron chi connectivity index (χ3n) is 3.35. The number of nitrogens with zero attached hydrogens (tertiary/aromatic N) is 1. The first-order valence-electron chi connectivity index (χ1n) is 5.93. The number of rotatable bonds is 4. The van der Waals surface area contributed by atoms with Crippen molar-refractivity contribution in [1.82, 2.24) is 10.4 Å². The van der Waals surface area contributed by atoms with Crippen LogP contribution in [0.15, 0.2) is 18.5 Å². The summed E-state index contributed by atoms with van der Waals surface area (Å²) < 4.78 is 5.36. The number of hydrazine groups is 1. The third-order valence-corrected chi connectivity index (χ3v) is 3.69. The molecule has 1 aliphatic heterocycles. The van der Waals surface area contributed by atoms with Crippen LogP contribution >= 0.6 is 11.6 Å². The van der Waals surface area contributed by atoms with Gasteiger partial charge in [-0.2, -0.15) is 0 Å². The van der Waals surface area contributed by atoms with Crippen LogP contribution in [0.4, 0.5) is 0 Å². The zero-order valence-electron chi connectivity index (χ0n) is 9.73. The average molecular weight is 256 g/mol. The number of halogens is 1. The highest BCUT2D eigenvalue weighted by Crippen LogP contribution is 2.23. The predicted octanol–water partition coefficient (Wildman–Crippen LogP) is 1.54. The molecule has 2 heterocycles. The number of ether oxygens (including phenoxy) is 1. The molecule has 4 nitrogen and oxygen atoms in total. The van der Waals surface area contributed by atoms with E-state index in [-0.39, 0.29) is 6.04 Å². The number of pyridine rings is 1. The summed E-state index contributed by atoms with van der Waals surface area (Å²) in [6.07, 6.45) is 6.38. The quantitative estimate of drug-likeness (QED) is 0.633. The first kappa shape index (κ1) is 12.8. The van der Waals surface area contributed by atoms with E-state index in [1.807, 2.05) is 6.07 Å². The lowest BCUT2D eigenvalue weighted by Gasteiger charge is -2.30. The minimum Gasteiger partial charge on any atom is -0.381 e. The van der Waals surface area contributed by atoms with Crippen molar-refractivity contribution in [2.45, 2.75) is 25.3 Å². The summed E-state index contributed by atoms with van der Waals surface area (Å²) >= 11 is 6.11. The van der Waals surface area contributed by atoms with Crippen LogP contribution < -0.4 is 11.3 Å². The summed E-state index contributed by atoms with van der Waals surface area (Å²) in [5, 5.41) is 0.708. The van der Waals surface area contributed by atoms with Gasteiger partial charge < -0.3 is 4.74 Å². The van der Waals surface area contributed by atoms with Crippen molar-refractivity contribution in [3.05, 3.63) is 29.0 Å². The summed E-state index contributed by atoms with van der Waals surface area (Å²) in [6.45, 7) is 1.65. The van der Waals surface area contributed by atoms with Gasteiger partial charge in [-0.15, -0.1) is 0 Å². The molecule has 1 aliphatic rings. The molecule has 1 atom stereocenters. The van der Waals surface area contributed by atoms with Crippen molar-refractivity contribution in [1.29, 1.82) is 0 Å². The van der Waals surface area contributed by atoms with Crippen LogP contribution in [0.1, 0.15) is 18.4 Å². The summed E-state index contributed by atoms with van der Waals surface area (Å²) in [5.74, 6) is 6.21. The molecule has 0 bridgehead atoms. The summed E-state index contributed by atoms with van der Waals surface area (Å²) in [7, 11) is 0. The van der Waals surface area contributed by atoms with Gasteiger partial charge in [0.15, 0.2) is 0 Å². The Morgan fingerprint density at radius 1 is 1.53 bits per heavy atom. The van der Waals surface area contributed by atoms with E-state index < -0.39 is 0 Å². The standard InChI is InChI=1S/C12H18ClN3O/c13-11-8-15-4-1-10(11)7-12(16-14)9-2-5-17-6-3-9/h1,4,8-9,12,16H,2-3,5-7,14H2. The minimum absolute atomic E-state index is 0.249. The maximum Gasteiger partial charge on any atom is 0.0621 e. The molecule has 0 radical (unpaired) electrons. The van der Waals surface area contributed by atoms with Gasteiger partial charge in [0.1, 0.15) is 0 Å². The topological polar surface area (TPSA) is 60.2 Å². The fraction of sp³-hybridized carbons (Fsp3) is 0.583. The highest BCUT2D eigenvalue weighted by Gasteiger charge is 2.23. The molecule has 1 unspecified atom stereocenters. The van der Waals surface area contributed by atoms with E-state index in [2.05, 4.69) is 10.4 Å². The number of hydrogen-bond acceptors (Lipinski definition) is 4. The van der Waals surface area contributed by atoms with E-state index >= 15 is 0 Å². The second-order valence-electron chi connectivity index (χ2n) is 4.39. The minimum atomic E-state index is 0.249. The van der Waals surface area contributed by atoms with E-state index in [1.54, 1.807) is 12.4 Å². The lowest BCUT2D eigenvalue weighted by molar-refractivity contribution is 0.0538. The second-order valence-corrected chi connectivity index (χ2v) is 4.80. The Morgan fingerprint density at radius 3 is 2.94 bits per heavy atom. The number of nitrogens with one attached hydrogen (secondary N) is 1. The van der Waals surface area contributed by atoms with Gasteiger partial charge in [0.05, 0.1) is 5.02 Å². The van der Waals surface area contributed by atoms with Crippen LogP contribution in [0.5, 0.6) is 0 Å². The molecular formula is C12H18ClN3O. The van der Waals surface area contributed by atoms with E-state index in [1.165, 1.54) is 0 Å². The summed E-state index contributed by atoms with van der Waals surface area (Å²) in [5.41, 5.74) is 4.01. The molecule has 17 heavy (non-hydrogen) atoms. The smallest absolute Gasteiger partial charge is 0.0621 e. The van der Waals surface area contributed by atoms with Crippen LogP contribution in [0.25, 0.3) is 0 Å². The van der Waals surface area contributed by atoms with Crippen LogP contribution in [-0.4, -0.2) is 24.2 Å². The Kier molecular flexibility index (Phi) is 4.74. The third kappa shape index (κ3) is 3.39. The van der Waals surface area contributed by atoms with E-state index in [0.717, 1.165) is 38.0 Å². The van der Waals surface area contributed by atoms with Gasteiger partial charge in [-0.3, -0.25) is 16.3 Å². The van der Waals surface area contributed by atoms with Gasteiger partial charge in [-0.05, 0) is 36.8 Å². The molecule has 3 N–H and O–H groups in total. The van der Waals surface area contributed by atoms with Crippen molar-refractivity contribution in [3.8, 4) is 0 Å². The molecule has 94 valence electrons. The van der Waals surface area contributed by atoms with E-state index in [0.29, 0.717) is 10.9 Å². The van der Waals surface area contributed by atoms with Crippen molar-refractivity contribution in [2.75, 3.05) is 13.2 Å². The van der Waals surface area contributed by atoms with Crippen molar-refractivity contribution >= 4 is 11.6 Å². The lowest BCUT2D eigenvalue weighted by Crippen LogP contribution is -2.44. The lowest BCUT2D eigenvalue weighted by atomic mass is 9.88. The summed E-state index contributed by atoms with van der Waals surface area (Å²) in [6, 6.07) is 2.20. The maximum absolute atomic E-state index is 6.11. The zero-order chi connectivity index (χ0) is 12.1.